The number of methoxy groups -OCH3 is 1. The Labute approximate surface area is 197 Å². The van der Waals surface area contributed by atoms with Gasteiger partial charge in [-0.2, -0.15) is 0 Å². The number of urea groups is 1. The molecule has 1 atom stereocenters. The van der Waals surface area contributed by atoms with E-state index in [9.17, 15) is 9.59 Å². The van der Waals surface area contributed by atoms with Crippen molar-refractivity contribution in [1.82, 2.24) is 10.3 Å². The molecule has 0 bridgehead atoms. The number of pyridine rings is 1. The number of carbonyl (C=O) groups excluding carboxylic acids is 2. The molecule has 0 saturated heterocycles. The van der Waals surface area contributed by atoms with Crippen LogP contribution in [0, 0.1) is 0 Å². The molecule has 2 amide bonds. The van der Waals surface area contributed by atoms with Gasteiger partial charge in [0.1, 0.15) is 0 Å². The molecular formula is C26H37N3O4. The maximum atomic E-state index is 12.5. The Hall–Kier alpha value is -2.93. The van der Waals surface area contributed by atoms with Crippen LogP contribution in [0.1, 0.15) is 51.5 Å². The molecule has 7 nitrogen and oxygen atoms in total. The molecule has 0 radical (unpaired) electrons. The van der Waals surface area contributed by atoms with Gasteiger partial charge in [-0.15, -0.1) is 0 Å². The van der Waals surface area contributed by atoms with E-state index in [1.807, 2.05) is 43.3 Å². The number of anilines is 1. The van der Waals surface area contributed by atoms with Crippen LogP contribution in [-0.2, 0) is 20.7 Å². The summed E-state index contributed by atoms with van der Waals surface area (Å²) < 4.78 is 10.3. The summed E-state index contributed by atoms with van der Waals surface area (Å²) >= 11 is 0. The van der Waals surface area contributed by atoms with E-state index in [0.29, 0.717) is 19.6 Å². The van der Waals surface area contributed by atoms with Crippen LogP contribution in [0.5, 0.6) is 0 Å². The van der Waals surface area contributed by atoms with Crippen molar-refractivity contribution in [3.8, 4) is 11.3 Å². The highest BCUT2D eigenvalue weighted by molar-refractivity contribution is 5.92. The summed E-state index contributed by atoms with van der Waals surface area (Å²) in [5.41, 5.74) is 3.38. The van der Waals surface area contributed by atoms with Crippen molar-refractivity contribution in [2.45, 2.75) is 58.5 Å². The number of ether oxygens (including phenoxy) is 2. The van der Waals surface area contributed by atoms with Gasteiger partial charge in [0, 0.05) is 44.1 Å². The van der Waals surface area contributed by atoms with Crippen LogP contribution in [0.15, 0.2) is 42.6 Å². The van der Waals surface area contributed by atoms with E-state index < -0.39 is 12.1 Å². The Kier molecular flexibility index (Phi) is 11.4. The zero-order chi connectivity index (χ0) is 24.1. The maximum Gasteiger partial charge on any atom is 0.335 e. The Morgan fingerprint density at radius 2 is 1.88 bits per heavy atom. The fourth-order valence-corrected chi connectivity index (χ4v) is 3.51. The lowest BCUT2D eigenvalue weighted by Crippen LogP contribution is -2.37. The number of esters is 1. The SMILES string of the molecule is CCCCCCCNC(=O)N(C)c1cccc(-c2ccc(CC(OCC)C(=O)OC)cn2)c1. The second-order valence-corrected chi connectivity index (χ2v) is 7.98. The van der Waals surface area contributed by atoms with Gasteiger partial charge in [0.25, 0.3) is 0 Å². The maximum absolute atomic E-state index is 12.5. The van der Waals surface area contributed by atoms with Crippen molar-refractivity contribution < 1.29 is 19.1 Å². The Balaban J connectivity index is 1.99. The quantitative estimate of drug-likeness (QED) is 0.340. The molecular weight excluding hydrogens is 418 g/mol. The van der Waals surface area contributed by atoms with E-state index >= 15 is 0 Å². The van der Waals surface area contributed by atoms with Gasteiger partial charge in [0.05, 0.1) is 12.8 Å². The Bertz CT molecular complexity index is 870. The highest BCUT2D eigenvalue weighted by Crippen LogP contribution is 2.23. The lowest BCUT2D eigenvalue weighted by Gasteiger charge is -2.19. The number of unbranched alkanes of at least 4 members (excludes halogenated alkanes) is 4. The normalized spacial score (nSPS) is 11.6. The molecule has 1 aromatic carbocycles. The van der Waals surface area contributed by atoms with Crippen molar-refractivity contribution in [3.05, 3.63) is 48.2 Å². The minimum absolute atomic E-state index is 0.115. The molecule has 1 aromatic heterocycles. The first-order valence-electron chi connectivity index (χ1n) is 11.8. The molecule has 0 aliphatic carbocycles. The first kappa shape index (κ1) is 26.3. The first-order valence-corrected chi connectivity index (χ1v) is 11.8. The molecule has 1 heterocycles. The molecule has 7 heteroatoms. The van der Waals surface area contributed by atoms with Gasteiger partial charge in [0.2, 0.25) is 0 Å². The monoisotopic (exact) mass is 455 g/mol. The molecule has 1 unspecified atom stereocenters. The number of benzene rings is 1. The van der Waals surface area contributed by atoms with Crippen molar-refractivity contribution in [3.63, 3.8) is 0 Å². The third kappa shape index (κ3) is 8.50. The van der Waals surface area contributed by atoms with Gasteiger partial charge in [-0.3, -0.25) is 9.88 Å². The smallest absolute Gasteiger partial charge is 0.335 e. The van der Waals surface area contributed by atoms with Crippen LogP contribution < -0.4 is 10.2 Å². The lowest BCUT2D eigenvalue weighted by atomic mass is 10.1. The van der Waals surface area contributed by atoms with Gasteiger partial charge in [-0.05, 0) is 37.1 Å². The summed E-state index contributed by atoms with van der Waals surface area (Å²) in [6.45, 7) is 5.15. The van der Waals surface area contributed by atoms with E-state index in [0.717, 1.165) is 35.3 Å². The largest absolute Gasteiger partial charge is 0.467 e. The van der Waals surface area contributed by atoms with E-state index in [4.69, 9.17) is 9.47 Å². The number of aromatic nitrogens is 1. The van der Waals surface area contributed by atoms with Crippen molar-refractivity contribution in [1.29, 1.82) is 0 Å². The van der Waals surface area contributed by atoms with Crippen molar-refractivity contribution >= 4 is 17.7 Å². The molecule has 0 aliphatic heterocycles. The van der Waals surface area contributed by atoms with Crippen LogP contribution in [0.4, 0.5) is 10.5 Å². The molecule has 0 spiro atoms. The number of rotatable bonds is 13. The van der Waals surface area contributed by atoms with Crippen molar-refractivity contribution in [2.75, 3.05) is 32.2 Å². The zero-order valence-electron chi connectivity index (χ0n) is 20.3. The topological polar surface area (TPSA) is 80.8 Å². The third-order valence-electron chi connectivity index (χ3n) is 5.47. The highest BCUT2D eigenvalue weighted by atomic mass is 16.6. The molecule has 0 aliphatic rings. The predicted molar refractivity (Wildman–Crippen MR) is 131 cm³/mol. The highest BCUT2D eigenvalue weighted by Gasteiger charge is 2.20. The lowest BCUT2D eigenvalue weighted by molar-refractivity contribution is -0.153. The number of amides is 2. The Morgan fingerprint density at radius 3 is 2.55 bits per heavy atom. The van der Waals surface area contributed by atoms with Crippen LogP contribution in [0.3, 0.4) is 0 Å². The van der Waals surface area contributed by atoms with Crippen LogP contribution in [0.2, 0.25) is 0 Å². The Morgan fingerprint density at radius 1 is 1.09 bits per heavy atom. The second kappa shape index (κ2) is 14.3. The third-order valence-corrected chi connectivity index (χ3v) is 5.47. The minimum Gasteiger partial charge on any atom is -0.467 e. The molecule has 0 fully saturated rings. The summed E-state index contributed by atoms with van der Waals surface area (Å²) in [5.74, 6) is -0.393. The van der Waals surface area contributed by atoms with Crippen LogP contribution in [0.25, 0.3) is 11.3 Å². The standard InChI is InChI=1S/C26H37N3O4/c1-5-7-8-9-10-16-27-26(31)29(3)22-13-11-12-21(18-22)23-15-14-20(19-28-23)17-24(33-6-2)25(30)32-4/h11-15,18-19,24H,5-10,16-17H2,1-4H3,(H,27,31). The van der Waals surface area contributed by atoms with Gasteiger partial charge in [0.15, 0.2) is 6.10 Å². The summed E-state index contributed by atoms with van der Waals surface area (Å²) in [5, 5.41) is 2.99. The van der Waals surface area contributed by atoms with E-state index in [1.54, 1.807) is 18.1 Å². The average Bonchev–Trinajstić information content (AvgIpc) is 2.85. The van der Waals surface area contributed by atoms with Gasteiger partial charge in [-0.1, -0.05) is 50.8 Å². The van der Waals surface area contributed by atoms with Gasteiger partial charge >= 0.3 is 12.0 Å². The van der Waals surface area contributed by atoms with Crippen molar-refractivity contribution in [2.24, 2.45) is 0 Å². The van der Waals surface area contributed by atoms with E-state index in [1.165, 1.54) is 26.4 Å². The second-order valence-electron chi connectivity index (χ2n) is 7.98. The number of hydrogen-bond acceptors (Lipinski definition) is 5. The summed E-state index contributed by atoms with van der Waals surface area (Å²) in [4.78, 5) is 30.5. The van der Waals surface area contributed by atoms with E-state index in [2.05, 4.69) is 17.2 Å². The fourth-order valence-electron chi connectivity index (χ4n) is 3.51. The predicted octanol–water partition coefficient (Wildman–Crippen LogP) is 4.99. The molecule has 2 rings (SSSR count). The van der Waals surface area contributed by atoms with E-state index in [-0.39, 0.29) is 6.03 Å². The molecule has 180 valence electrons. The summed E-state index contributed by atoms with van der Waals surface area (Å²) in [6.07, 6.45) is 7.30. The first-order chi connectivity index (χ1) is 16.0. The fraction of sp³-hybridized carbons (Fsp3) is 0.500. The molecule has 2 aromatic rings. The number of nitrogens with zero attached hydrogens (tertiary/aromatic N) is 2. The molecule has 33 heavy (non-hydrogen) atoms. The molecule has 1 N–H and O–H groups in total. The van der Waals surface area contributed by atoms with Crippen LogP contribution in [-0.4, -0.2) is 50.4 Å². The number of carbonyl (C=O) groups is 2. The number of nitrogens with one attached hydrogen (secondary N) is 1. The molecule has 0 saturated carbocycles. The minimum atomic E-state index is -0.644. The van der Waals surface area contributed by atoms with Crippen LogP contribution >= 0.6 is 0 Å². The number of hydrogen-bond donors (Lipinski definition) is 1. The van der Waals surface area contributed by atoms with Gasteiger partial charge < -0.3 is 14.8 Å². The summed E-state index contributed by atoms with van der Waals surface area (Å²) in [6, 6.07) is 11.4. The summed E-state index contributed by atoms with van der Waals surface area (Å²) in [7, 11) is 3.12. The van der Waals surface area contributed by atoms with Gasteiger partial charge in [-0.25, -0.2) is 9.59 Å². The zero-order valence-corrected chi connectivity index (χ0v) is 20.3. The average molecular weight is 456 g/mol.